The largest absolute Gasteiger partial charge is 0.370 e. The number of piperidine rings is 1. The van der Waals surface area contributed by atoms with Gasteiger partial charge in [0.15, 0.2) is 5.96 Å². The van der Waals surface area contributed by atoms with Gasteiger partial charge in [0.1, 0.15) is 0 Å². The molecule has 0 aliphatic carbocycles. The molecule has 1 saturated heterocycles. The number of guanidine groups is 1. The summed E-state index contributed by atoms with van der Waals surface area (Å²) in [6.07, 6.45) is 2.24. The van der Waals surface area contributed by atoms with Gasteiger partial charge >= 0.3 is 0 Å². The lowest BCUT2D eigenvalue weighted by Crippen LogP contribution is -2.42. The van der Waals surface area contributed by atoms with Crippen molar-refractivity contribution in [3.8, 4) is 0 Å². The Balaban J connectivity index is 0.00000242. The summed E-state index contributed by atoms with van der Waals surface area (Å²) in [5.74, 6) is 1.25. The van der Waals surface area contributed by atoms with Gasteiger partial charge in [-0.1, -0.05) is 19.1 Å². The Morgan fingerprint density at radius 2 is 2.00 bits per heavy atom. The van der Waals surface area contributed by atoms with E-state index in [2.05, 4.69) is 16.8 Å². The van der Waals surface area contributed by atoms with Gasteiger partial charge in [0.2, 0.25) is 10.0 Å². The van der Waals surface area contributed by atoms with E-state index < -0.39 is 10.0 Å². The molecule has 1 aromatic rings. The molecule has 4 N–H and O–H groups in total. The van der Waals surface area contributed by atoms with E-state index >= 15 is 0 Å². The van der Waals surface area contributed by atoms with Crippen LogP contribution in [-0.2, 0) is 16.6 Å². The number of halogens is 1. The van der Waals surface area contributed by atoms with Gasteiger partial charge in [-0.05, 0) is 36.5 Å². The first kappa shape index (κ1) is 19.2. The Kier molecular flexibility index (Phi) is 7.07. The Bertz CT molecular complexity index is 625. The second-order valence-corrected chi connectivity index (χ2v) is 7.10. The quantitative estimate of drug-likeness (QED) is 0.424. The molecule has 124 valence electrons. The lowest BCUT2D eigenvalue weighted by atomic mass is 10.00. The first-order valence-electron chi connectivity index (χ1n) is 7.03. The van der Waals surface area contributed by atoms with Crippen LogP contribution in [0.5, 0.6) is 0 Å². The maximum atomic E-state index is 11.3. The van der Waals surface area contributed by atoms with Crippen LogP contribution in [0.1, 0.15) is 25.3 Å². The lowest BCUT2D eigenvalue weighted by Gasteiger charge is -2.31. The van der Waals surface area contributed by atoms with Crippen LogP contribution in [0.4, 0.5) is 0 Å². The molecule has 6 nitrogen and oxygen atoms in total. The Morgan fingerprint density at radius 3 is 2.59 bits per heavy atom. The summed E-state index contributed by atoms with van der Waals surface area (Å²) in [6, 6.07) is 6.47. The number of hydrogen-bond donors (Lipinski definition) is 2. The second-order valence-electron chi connectivity index (χ2n) is 5.54. The highest BCUT2D eigenvalue weighted by Gasteiger charge is 2.16. The number of aliphatic imine (C=N–C) groups is 1. The predicted molar refractivity (Wildman–Crippen MR) is 98.5 cm³/mol. The van der Waals surface area contributed by atoms with E-state index in [4.69, 9.17) is 10.9 Å². The fraction of sp³-hybridized carbons (Fsp3) is 0.500. The number of hydrogen-bond acceptors (Lipinski definition) is 3. The topological polar surface area (TPSA) is 102 Å². The second kappa shape index (κ2) is 8.11. The maximum absolute atomic E-state index is 11.3. The number of primary sulfonamides is 1. The van der Waals surface area contributed by atoms with Crippen molar-refractivity contribution in [1.29, 1.82) is 0 Å². The zero-order chi connectivity index (χ0) is 15.5. The molecule has 0 spiro atoms. The number of rotatable bonds is 3. The monoisotopic (exact) mass is 438 g/mol. The average Bonchev–Trinajstić information content (AvgIpc) is 2.45. The summed E-state index contributed by atoms with van der Waals surface area (Å²) < 4.78 is 22.6. The van der Waals surface area contributed by atoms with Crippen LogP contribution in [-0.4, -0.2) is 32.4 Å². The van der Waals surface area contributed by atoms with E-state index in [1.807, 2.05) is 6.07 Å². The summed E-state index contributed by atoms with van der Waals surface area (Å²) in [6.45, 7) is 4.44. The van der Waals surface area contributed by atoms with E-state index in [-0.39, 0.29) is 28.9 Å². The molecule has 0 radical (unpaired) electrons. The summed E-state index contributed by atoms with van der Waals surface area (Å²) in [5.41, 5.74) is 6.77. The van der Waals surface area contributed by atoms with Crippen molar-refractivity contribution < 1.29 is 8.42 Å². The van der Waals surface area contributed by atoms with E-state index in [0.29, 0.717) is 12.5 Å². The average molecular weight is 438 g/mol. The van der Waals surface area contributed by atoms with Crippen molar-refractivity contribution in [3.63, 3.8) is 0 Å². The normalized spacial score (nSPS) is 17.2. The third-order valence-corrected chi connectivity index (χ3v) is 4.67. The van der Waals surface area contributed by atoms with E-state index in [0.717, 1.165) is 37.4 Å². The number of sulfonamides is 1. The van der Waals surface area contributed by atoms with Crippen molar-refractivity contribution in [2.45, 2.75) is 31.2 Å². The van der Waals surface area contributed by atoms with Crippen molar-refractivity contribution in [2.24, 2.45) is 21.8 Å². The van der Waals surface area contributed by atoms with E-state index in [1.54, 1.807) is 6.07 Å². The van der Waals surface area contributed by atoms with Crippen molar-refractivity contribution in [3.05, 3.63) is 29.8 Å². The Morgan fingerprint density at radius 1 is 1.36 bits per heavy atom. The molecule has 1 heterocycles. The molecule has 1 aromatic carbocycles. The van der Waals surface area contributed by atoms with Gasteiger partial charge in [-0.3, -0.25) is 0 Å². The lowest BCUT2D eigenvalue weighted by molar-refractivity contribution is 0.277. The van der Waals surface area contributed by atoms with Crippen LogP contribution < -0.4 is 10.9 Å². The number of likely N-dealkylation sites (tertiary alicyclic amines) is 1. The number of benzene rings is 1. The molecule has 0 bridgehead atoms. The first-order valence-corrected chi connectivity index (χ1v) is 8.57. The van der Waals surface area contributed by atoms with E-state index in [1.165, 1.54) is 12.1 Å². The molecule has 1 fully saturated rings. The molecular formula is C14H23IN4O2S. The molecule has 8 heteroatoms. The smallest absolute Gasteiger partial charge is 0.238 e. The SMILES string of the molecule is CC1CCN(C(N)=NCc2cccc(S(N)(=O)=O)c2)CC1.I. The third kappa shape index (κ3) is 5.40. The van der Waals surface area contributed by atoms with Gasteiger partial charge < -0.3 is 10.6 Å². The van der Waals surface area contributed by atoms with Crippen molar-refractivity contribution in [1.82, 2.24) is 4.90 Å². The van der Waals surface area contributed by atoms with Gasteiger partial charge in [0.05, 0.1) is 11.4 Å². The predicted octanol–water partition coefficient (Wildman–Crippen LogP) is 1.50. The summed E-state index contributed by atoms with van der Waals surface area (Å²) in [4.78, 5) is 6.52. The van der Waals surface area contributed by atoms with E-state index in [9.17, 15) is 8.42 Å². The fourth-order valence-corrected chi connectivity index (χ4v) is 2.91. The molecule has 0 aromatic heterocycles. The molecule has 22 heavy (non-hydrogen) atoms. The molecule has 0 unspecified atom stereocenters. The summed E-state index contributed by atoms with van der Waals surface area (Å²) in [5, 5.41) is 5.11. The molecule has 1 aliphatic rings. The van der Waals surface area contributed by atoms with Crippen LogP contribution in [0, 0.1) is 5.92 Å². The minimum Gasteiger partial charge on any atom is -0.370 e. The molecule has 0 amide bonds. The fourth-order valence-electron chi connectivity index (χ4n) is 2.33. The van der Waals surface area contributed by atoms with Crippen LogP contribution in [0.3, 0.4) is 0 Å². The molecule has 0 atom stereocenters. The minimum absolute atomic E-state index is 0. The van der Waals surface area contributed by atoms with Crippen molar-refractivity contribution >= 4 is 40.0 Å². The molecule has 2 rings (SSSR count). The van der Waals surface area contributed by atoms with Crippen molar-refractivity contribution in [2.75, 3.05) is 13.1 Å². The van der Waals surface area contributed by atoms with Crippen LogP contribution in [0.15, 0.2) is 34.2 Å². The minimum atomic E-state index is -3.68. The standard InChI is InChI=1S/C14H22N4O2S.HI/c1-11-5-7-18(8-6-11)14(15)17-10-12-3-2-4-13(9-12)21(16,19)20;/h2-4,9,11H,5-8,10H2,1H3,(H2,15,17)(H2,16,19,20);1H. The highest BCUT2D eigenvalue weighted by molar-refractivity contribution is 14.0. The zero-order valence-corrected chi connectivity index (χ0v) is 15.8. The van der Waals surface area contributed by atoms with Gasteiger partial charge in [0.25, 0.3) is 0 Å². The first-order chi connectivity index (χ1) is 9.86. The van der Waals surface area contributed by atoms with Crippen LogP contribution in [0.2, 0.25) is 0 Å². The molecule has 1 aliphatic heterocycles. The Labute approximate surface area is 149 Å². The maximum Gasteiger partial charge on any atom is 0.238 e. The Hall–Kier alpha value is -0.870. The number of nitrogens with zero attached hydrogens (tertiary/aromatic N) is 2. The van der Waals surface area contributed by atoms with Gasteiger partial charge in [-0.15, -0.1) is 24.0 Å². The van der Waals surface area contributed by atoms with Gasteiger partial charge in [-0.25, -0.2) is 18.5 Å². The van der Waals surface area contributed by atoms with Crippen LogP contribution >= 0.6 is 24.0 Å². The molecular weight excluding hydrogens is 415 g/mol. The van der Waals surface area contributed by atoms with Gasteiger partial charge in [0, 0.05) is 13.1 Å². The summed E-state index contributed by atoms with van der Waals surface area (Å²) >= 11 is 0. The molecule has 0 saturated carbocycles. The van der Waals surface area contributed by atoms with Crippen LogP contribution in [0.25, 0.3) is 0 Å². The highest BCUT2D eigenvalue weighted by Crippen LogP contribution is 2.16. The zero-order valence-electron chi connectivity index (χ0n) is 12.6. The third-order valence-electron chi connectivity index (χ3n) is 3.76. The summed E-state index contributed by atoms with van der Waals surface area (Å²) in [7, 11) is -3.68. The number of nitrogens with two attached hydrogens (primary N) is 2. The highest BCUT2D eigenvalue weighted by atomic mass is 127. The van der Waals surface area contributed by atoms with Gasteiger partial charge in [-0.2, -0.15) is 0 Å².